The first kappa shape index (κ1) is 17.8. The van der Waals surface area contributed by atoms with E-state index in [0.29, 0.717) is 37.5 Å². The second kappa shape index (κ2) is 9.65. The SMILES string of the molecule is CCOc1ccc(C[C@@H](COC(C)=O)NC=O)cc1OCC. The maximum Gasteiger partial charge on any atom is 0.302 e. The molecule has 6 heteroatoms. The summed E-state index contributed by atoms with van der Waals surface area (Å²) in [6, 6.07) is 5.34. The zero-order chi connectivity index (χ0) is 16.4. The van der Waals surface area contributed by atoms with Crippen LogP contribution in [0.1, 0.15) is 26.3 Å². The quantitative estimate of drug-likeness (QED) is 0.526. The van der Waals surface area contributed by atoms with Gasteiger partial charge in [-0.1, -0.05) is 6.07 Å². The number of carbonyl (C=O) groups excluding carboxylic acids is 2. The van der Waals surface area contributed by atoms with Gasteiger partial charge < -0.3 is 19.5 Å². The van der Waals surface area contributed by atoms with Crippen molar-refractivity contribution in [3.8, 4) is 11.5 Å². The molecule has 0 saturated carbocycles. The lowest BCUT2D eigenvalue weighted by Crippen LogP contribution is -2.35. The van der Waals surface area contributed by atoms with Crippen LogP contribution in [-0.2, 0) is 20.7 Å². The molecule has 1 amide bonds. The van der Waals surface area contributed by atoms with Crippen LogP contribution in [0, 0.1) is 0 Å². The molecule has 1 atom stereocenters. The van der Waals surface area contributed by atoms with Crippen LogP contribution in [0.25, 0.3) is 0 Å². The van der Waals surface area contributed by atoms with Crippen molar-refractivity contribution in [1.29, 1.82) is 0 Å². The lowest BCUT2D eigenvalue weighted by atomic mass is 10.1. The van der Waals surface area contributed by atoms with E-state index in [-0.39, 0.29) is 18.6 Å². The third-order valence-corrected chi connectivity index (χ3v) is 2.88. The first-order valence-electron chi connectivity index (χ1n) is 7.32. The zero-order valence-electron chi connectivity index (χ0n) is 13.3. The number of amides is 1. The molecule has 22 heavy (non-hydrogen) atoms. The average molecular weight is 309 g/mol. The van der Waals surface area contributed by atoms with Crippen LogP contribution >= 0.6 is 0 Å². The van der Waals surface area contributed by atoms with Gasteiger partial charge in [0.25, 0.3) is 0 Å². The molecule has 1 N–H and O–H groups in total. The predicted molar refractivity (Wildman–Crippen MR) is 82.1 cm³/mol. The molecule has 0 heterocycles. The largest absolute Gasteiger partial charge is 0.490 e. The van der Waals surface area contributed by atoms with Gasteiger partial charge in [0, 0.05) is 6.92 Å². The maximum atomic E-state index is 10.9. The van der Waals surface area contributed by atoms with Crippen LogP contribution < -0.4 is 14.8 Å². The average Bonchev–Trinajstić information content (AvgIpc) is 2.48. The standard InChI is InChI=1S/C16H23NO5/c1-4-20-15-7-6-13(9-16(15)21-5-2)8-14(17-11-18)10-22-12(3)19/h6-7,9,11,14H,4-5,8,10H2,1-3H3,(H,17,18)/t14-/m0/s1. The minimum Gasteiger partial charge on any atom is -0.490 e. The zero-order valence-corrected chi connectivity index (χ0v) is 13.3. The van der Waals surface area contributed by atoms with E-state index >= 15 is 0 Å². The molecular formula is C16H23NO5. The summed E-state index contributed by atoms with van der Waals surface area (Å²) < 4.78 is 16.0. The summed E-state index contributed by atoms with van der Waals surface area (Å²) in [4.78, 5) is 21.5. The van der Waals surface area contributed by atoms with Gasteiger partial charge in [-0.25, -0.2) is 0 Å². The molecule has 1 aromatic rings. The fourth-order valence-corrected chi connectivity index (χ4v) is 1.99. The van der Waals surface area contributed by atoms with E-state index in [4.69, 9.17) is 14.2 Å². The molecule has 122 valence electrons. The first-order valence-corrected chi connectivity index (χ1v) is 7.32. The molecule has 0 aliphatic heterocycles. The second-order valence-corrected chi connectivity index (χ2v) is 4.64. The number of esters is 1. The van der Waals surface area contributed by atoms with E-state index in [2.05, 4.69) is 5.32 Å². The summed E-state index contributed by atoms with van der Waals surface area (Å²) in [5.41, 5.74) is 0.957. The number of ether oxygens (including phenoxy) is 3. The summed E-state index contributed by atoms with van der Waals surface area (Å²) >= 11 is 0. The number of hydrogen-bond donors (Lipinski definition) is 1. The molecule has 0 bridgehead atoms. The molecule has 0 unspecified atom stereocenters. The fourth-order valence-electron chi connectivity index (χ4n) is 1.99. The van der Waals surface area contributed by atoms with Crippen molar-refractivity contribution < 1.29 is 23.8 Å². The Morgan fingerprint density at radius 2 is 1.91 bits per heavy atom. The lowest BCUT2D eigenvalue weighted by Gasteiger charge is -2.17. The fraction of sp³-hybridized carbons (Fsp3) is 0.500. The van der Waals surface area contributed by atoms with Crippen LogP contribution in [0.5, 0.6) is 11.5 Å². The molecule has 0 aliphatic rings. The van der Waals surface area contributed by atoms with Crippen LogP contribution in [-0.4, -0.2) is 38.2 Å². The van der Waals surface area contributed by atoms with Gasteiger partial charge in [0.05, 0.1) is 19.3 Å². The van der Waals surface area contributed by atoms with Gasteiger partial charge in [0.2, 0.25) is 6.41 Å². The van der Waals surface area contributed by atoms with Crippen molar-refractivity contribution >= 4 is 12.4 Å². The number of benzene rings is 1. The van der Waals surface area contributed by atoms with Gasteiger partial charge in [0.1, 0.15) is 6.61 Å². The summed E-state index contributed by atoms with van der Waals surface area (Å²) in [7, 11) is 0. The summed E-state index contributed by atoms with van der Waals surface area (Å²) in [6.45, 7) is 6.37. The Balaban J connectivity index is 2.82. The van der Waals surface area contributed by atoms with Crippen LogP contribution in [0.15, 0.2) is 18.2 Å². The molecule has 6 nitrogen and oxygen atoms in total. The van der Waals surface area contributed by atoms with Crippen molar-refractivity contribution in [3.63, 3.8) is 0 Å². The molecule has 1 aromatic carbocycles. The monoisotopic (exact) mass is 309 g/mol. The highest BCUT2D eigenvalue weighted by molar-refractivity contribution is 5.66. The van der Waals surface area contributed by atoms with Crippen LogP contribution in [0.3, 0.4) is 0 Å². The molecule has 0 aromatic heterocycles. The number of rotatable bonds is 10. The van der Waals surface area contributed by atoms with E-state index in [1.165, 1.54) is 6.92 Å². The smallest absolute Gasteiger partial charge is 0.302 e. The Hall–Kier alpha value is -2.24. The van der Waals surface area contributed by atoms with Gasteiger partial charge in [0.15, 0.2) is 11.5 Å². The minimum absolute atomic E-state index is 0.130. The lowest BCUT2D eigenvalue weighted by molar-refractivity contribution is -0.142. The van der Waals surface area contributed by atoms with Crippen LogP contribution in [0.4, 0.5) is 0 Å². The van der Waals surface area contributed by atoms with E-state index < -0.39 is 0 Å². The Morgan fingerprint density at radius 3 is 2.50 bits per heavy atom. The number of hydrogen-bond acceptors (Lipinski definition) is 5. The van der Waals surface area contributed by atoms with Crippen LogP contribution in [0.2, 0.25) is 0 Å². The molecule has 0 spiro atoms. The summed E-state index contributed by atoms with van der Waals surface area (Å²) in [6.07, 6.45) is 1.13. The van der Waals surface area contributed by atoms with Gasteiger partial charge in [-0.3, -0.25) is 9.59 Å². The number of nitrogens with one attached hydrogen (secondary N) is 1. The van der Waals surface area contributed by atoms with Gasteiger partial charge in [-0.15, -0.1) is 0 Å². The summed E-state index contributed by atoms with van der Waals surface area (Å²) in [5.74, 6) is 0.978. The normalized spacial score (nSPS) is 11.4. The highest BCUT2D eigenvalue weighted by Crippen LogP contribution is 2.29. The Morgan fingerprint density at radius 1 is 1.23 bits per heavy atom. The second-order valence-electron chi connectivity index (χ2n) is 4.64. The first-order chi connectivity index (χ1) is 10.6. The van der Waals surface area contributed by atoms with Gasteiger partial charge in [-0.2, -0.15) is 0 Å². The highest BCUT2D eigenvalue weighted by Gasteiger charge is 2.13. The number of carbonyl (C=O) groups is 2. The van der Waals surface area contributed by atoms with E-state index in [9.17, 15) is 9.59 Å². The van der Waals surface area contributed by atoms with Crippen molar-refractivity contribution in [2.24, 2.45) is 0 Å². The predicted octanol–water partition coefficient (Wildman–Crippen LogP) is 1.70. The summed E-state index contributed by atoms with van der Waals surface area (Å²) in [5, 5.41) is 2.65. The van der Waals surface area contributed by atoms with Crippen molar-refractivity contribution in [2.75, 3.05) is 19.8 Å². The topological polar surface area (TPSA) is 73.9 Å². The third-order valence-electron chi connectivity index (χ3n) is 2.88. The van der Waals surface area contributed by atoms with E-state index in [1.807, 2.05) is 32.0 Å². The molecule has 1 rings (SSSR count). The van der Waals surface area contributed by atoms with Gasteiger partial charge >= 0.3 is 5.97 Å². The van der Waals surface area contributed by atoms with Crippen molar-refractivity contribution in [1.82, 2.24) is 5.32 Å². The van der Waals surface area contributed by atoms with Gasteiger partial charge in [-0.05, 0) is 38.0 Å². The Bertz CT molecular complexity index is 489. The molecule has 0 aliphatic carbocycles. The molecular weight excluding hydrogens is 286 g/mol. The minimum atomic E-state index is -0.376. The Kier molecular flexibility index (Phi) is 7.81. The van der Waals surface area contributed by atoms with Crippen molar-refractivity contribution in [2.45, 2.75) is 33.2 Å². The maximum absolute atomic E-state index is 10.9. The molecule has 0 fully saturated rings. The highest BCUT2D eigenvalue weighted by atomic mass is 16.5. The molecule has 0 radical (unpaired) electrons. The van der Waals surface area contributed by atoms with Crippen molar-refractivity contribution in [3.05, 3.63) is 23.8 Å². The Labute approximate surface area is 130 Å². The molecule has 0 saturated heterocycles. The van der Waals surface area contributed by atoms with E-state index in [0.717, 1.165) is 5.56 Å². The third kappa shape index (κ3) is 6.03. The van der Waals surface area contributed by atoms with E-state index in [1.54, 1.807) is 0 Å².